The topological polar surface area (TPSA) is 79.6 Å². The quantitative estimate of drug-likeness (QED) is 0.737. The minimum atomic E-state index is -3.48. The van der Waals surface area contributed by atoms with Crippen LogP contribution in [0.1, 0.15) is 30.6 Å². The molecule has 1 amide bonds. The van der Waals surface area contributed by atoms with Crippen LogP contribution in [0.4, 0.5) is 0 Å². The van der Waals surface area contributed by atoms with Gasteiger partial charge in [0.15, 0.2) is 0 Å². The molecule has 1 N–H and O–H groups in total. The lowest BCUT2D eigenvalue weighted by molar-refractivity contribution is -0.126. The van der Waals surface area contributed by atoms with Crippen LogP contribution in [0, 0.1) is 12.8 Å². The Hall–Kier alpha value is -2.12. The van der Waals surface area contributed by atoms with E-state index in [1.807, 2.05) is 19.1 Å². The van der Waals surface area contributed by atoms with Crippen molar-refractivity contribution in [2.24, 2.45) is 5.92 Å². The smallest absolute Gasteiger partial charge is 0.243 e. The Kier molecular flexibility index (Phi) is 6.34. The summed E-state index contributed by atoms with van der Waals surface area (Å²) in [5.41, 5.74) is 1.02. The fourth-order valence-corrected chi connectivity index (χ4v) is 4.76. The number of carbonyl (C=O) groups excluding carboxylic acids is 1. The number of piperidine rings is 1. The van der Waals surface area contributed by atoms with E-state index in [9.17, 15) is 13.2 Å². The highest BCUT2D eigenvalue weighted by atomic mass is 32.2. The first-order chi connectivity index (χ1) is 13.0. The highest BCUT2D eigenvalue weighted by Crippen LogP contribution is 2.24. The molecular formula is C20H26N2O4S. The van der Waals surface area contributed by atoms with E-state index in [4.69, 9.17) is 4.42 Å². The lowest BCUT2D eigenvalue weighted by Crippen LogP contribution is -2.43. The Morgan fingerprint density at radius 1 is 1.19 bits per heavy atom. The fraction of sp³-hybridized carbons (Fsp3) is 0.450. The maximum absolute atomic E-state index is 12.7. The summed E-state index contributed by atoms with van der Waals surface area (Å²) >= 11 is 0. The number of benzene rings is 1. The van der Waals surface area contributed by atoms with Crippen LogP contribution in [-0.4, -0.2) is 38.3 Å². The molecule has 1 fully saturated rings. The lowest BCUT2D eigenvalue weighted by atomic mass is 9.97. The Morgan fingerprint density at radius 3 is 2.52 bits per heavy atom. The zero-order valence-electron chi connectivity index (χ0n) is 15.6. The molecule has 0 saturated carbocycles. The molecule has 7 heteroatoms. The van der Waals surface area contributed by atoms with Crippen LogP contribution < -0.4 is 5.32 Å². The number of sulfonamides is 1. The highest BCUT2D eigenvalue weighted by Gasteiger charge is 2.31. The molecule has 3 rings (SSSR count). The Bertz CT molecular complexity index is 837. The van der Waals surface area contributed by atoms with Gasteiger partial charge in [0.05, 0.1) is 11.2 Å². The molecule has 1 saturated heterocycles. The third kappa shape index (κ3) is 4.99. The van der Waals surface area contributed by atoms with E-state index < -0.39 is 10.0 Å². The van der Waals surface area contributed by atoms with Gasteiger partial charge < -0.3 is 9.73 Å². The average molecular weight is 391 g/mol. The van der Waals surface area contributed by atoms with Crippen molar-refractivity contribution in [1.29, 1.82) is 0 Å². The molecule has 0 spiro atoms. The molecule has 6 nitrogen and oxygen atoms in total. The molecule has 0 radical (unpaired) electrons. The predicted octanol–water partition coefficient (Wildman–Crippen LogP) is 2.74. The van der Waals surface area contributed by atoms with Crippen molar-refractivity contribution < 1.29 is 17.6 Å². The zero-order valence-corrected chi connectivity index (χ0v) is 16.4. The monoisotopic (exact) mass is 390 g/mol. The van der Waals surface area contributed by atoms with Crippen molar-refractivity contribution in [2.75, 3.05) is 19.6 Å². The molecule has 0 bridgehead atoms. The number of nitrogens with one attached hydrogen (secondary N) is 1. The summed E-state index contributed by atoms with van der Waals surface area (Å²) in [5.74, 6) is 0.804. The highest BCUT2D eigenvalue weighted by molar-refractivity contribution is 7.89. The van der Waals surface area contributed by atoms with Crippen LogP contribution in [0.15, 0.2) is 52.0 Å². The van der Waals surface area contributed by atoms with Crippen molar-refractivity contribution >= 4 is 15.9 Å². The first kappa shape index (κ1) is 19.6. The van der Waals surface area contributed by atoms with E-state index >= 15 is 0 Å². The fourth-order valence-electron chi connectivity index (χ4n) is 3.29. The van der Waals surface area contributed by atoms with Gasteiger partial charge in [-0.1, -0.05) is 17.7 Å². The number of rotatable bonds is 7. The third-order valence-electron chi connectivity index (χ3n) is 4.96. The zero-order chi connectivity index (χ0) is 19.3. The molecule has 0 aliphatic carbocycles. The molecule has 1 aliphatic heterocycles. The second-order valence-electron chi connectivity index (χ2n) is 6.97. The third-order valence-corrected chi connectivity index (χ3v) is 6.88. The summed E-state index contributed by atoms with van der Waals surface area (Å²) in [4.78, 5) is 12.6. The number of nitrogens with zero attached hydrogens (tertiary/aromatic N) is 1. The Balaban J connectivity index is 1.45. The molecule has 1 aromatic heterocycles. The van der Waals surface area contributed by atoms with Gasteiger partial charge in [0, 0.05) is 32.0 Å². The average Bonchev–Trinajstić information content (AvgIpc) is 3.19. The van der Waals surface area contributed by atoms with Crippen molar-refractivity contribution in [3.63, 3.8) is 0 Å². The molecule has 0 unspecified atom stereocenters. The number of hydrogen-bond donors (Lipinski definition) is 1. The molecule has 2 aromatic rings. The largest absolute Gasteiger partial charge is 0.469 e. The molecule has 0 atom stereocenters. The van der Waals surface area contributed by atoms with Gasteiger partial charge in [-0.15, -0.1) is 0 Å². The van der Waals surface area contributed by atoms with Crippen LogP contribution in [-0.2, 0) is 21.2 Å². The van der Waals surface area contributed by atoms with E-state index in [0.717, 1.165) is 24.2 Å². The number of hydrogen-bond acceptors (Lipinski definition) is 4. The van der Waals surface area contributed by atoms with Gasteiger partial charge in [-0.3, -0.25) is 4.79 Å². The minimum Gasteiger partial charge on any atom is -0.469 e. The molecular weight excluding hydrogens is 364 g/mol. The van der Waals surface area contributed by atoms with Gasteiger partial charge in [0.25, 0.3) is 0 Å². The van der Waals surface area contributed by atoms with Crippen LogP contribution in [0.3, 0.4) is 0 Å². The first-order valence-electron chi connectivity index (χ1n) is 9.34. The van der Waals surface area contributed by atoms with E-state index in [-0.39, 0.29) is 11.8 Å². The van der Waals surface area contributed by atoms with Gasteiger partial charge in [0.2, 0.25) is 15.9 Å². The number of aryl methyl sites for hydroxylation is 2. The normalized spacial score (nSPS) is 16.3. The predicted molar refractivity (Wildman–Crippen MR) is 103 cm³/mol. The Labute approximate surface area is 160 Å². The number of amides is 1. The molecule has 2 heterocycles. The van der Waals surface area contributed by atoms with Gasteiger partial charge in [0.1, 0.15) is 5.76 Å². The molecule has 146 valence electrons. The standard InChI is InChI=1S/C20H26N2O4S/c1-16-6-8-19(9-7-16)27(24,25)22-13-10-17(11-14-22)20(23)21-12-2-4-18-5-3-15-26-18/h3,5-9,15,17H,2,4,10-14H2,1H3,(H,21,23). The summed E-state index contributed by atoms with van der Waals surface area (Å²) < 4.78 is 32.2. The SMILES string of the molecule is Cc1ccc(S(=O)(=O)N2CCC(C(=O)NCCCc3ccco3)CC2)cc1. The second kappa shape index (κ2) is 8.71. The van der Waals surface area contributed by atoms with Gasteiger partial charge in [-0.25, -0.2) is 8.42 Å². The number of carbonyl (C=O) groups is 1. The van der Waals surface area contributed by atoms with E-state index in [1.165, 1.54) is 4.31 Å². The Morgan fingerprint density at radius 2 is 1.89 bits per heavy atom. The summed E-state index contributed by atoms with van der Waals surface area (Å²) in [7, 11) is -3.48. The maximum Gasteiger partial charge on any atom is 0.243 e. The molecule has 1 aliphatic rings. The van der Waals surface area contributed by atoms with Gasteiger partial charge in [-0.2, -0.15) is 4.31 Å². The van der Waals surface area contributed by atoms with Crippen LogP contribution in [0.5, 0.6) is 0 Å². The lowest BCUT2D eigenvalue weighted by Gasteiger charge is -2.30. The molecule has 27 heavy (non-hydrogen) atoms. The second-order valence-corrected chi connectivity index (χ2v) is 8.90. The van der Waals surface area contributed by atoms with Crippen molar-refractivity contribution in [2.45, 2.75) is 37.5 Å². The molecule has 1 aromatic carbocycles. The van der Waals surface area contributed by atoms with E-state index in [1.54, 1.807) is 30.5 Å². The van der Waals surface area contributed by atoms with Gasteiger partial charge >= 0.3 is 0 Å². The van der Waals surface area contributed by atoms with E-state index in [0.29, 0.717) is 37.4 Å². The van der Waals surface area contributed by atoms with E-state index in [2.05, 4.69) is 5.32 Å². The first-order valence-corrected chi connectivity index (χ1v) is 10.8. The number of furan rings is 1. The summed E-state index contributed by atoms with van der Waals surface area (Å²) in [6, 6.07) is 10.7. The van der Waals surface area contributed by atoms with Crippen molar-refractivity contribution in [3.8, 4) is 0 Å². The summed E-state index contributed by atoms with van der Waals surface area (Å²) in [5, 5.41) is 2.96. The van der Waals surface area contributed by atoms with Crippen molar-refractivity contribution in [1.82, 2.24) is 9.62 Å². The summed E-state index contributed by atoms with van der Waals surface area (Å²) in [6.07, 6.45) is 4.36. The van der Waals surface area contributed by atoms with Crippen LogP contribution >= 0.6 is 0 Å². The maximum atomic E-state index is 12.7. The van der Waals surface area contributed by atoms with Crippen LogP contribution in [0.2, 0.25) is 0 Å². The minimum absolute atomic E-state index is 0.0156. The van der Waals surface area contributed by atoms with Gasteiger partial charge in [-0.05, 0) is 50.5 Å². The summed E-state index contributed by atoms with van der Waals surface area (Å²) in [6.45, 7) is 3.28. The van der Waals surface area contributed by atoms with Crippen LogP contribution in [0.25, 0.3) is 0 Å². The van der Waals surface area contributed by atoms with Crippen molar-refractivity contribution in [3.05, 3.63) is 54.0 Å².